The molecule has 0 saturated carbocycles. The van der Waals surface area contributed by atoms with Gasteiger partial charge in [0.25, 0.3) is 0 Å². The quantitative estimate of drug-likeness (QED) is 0.660. The first-order valence-electron chi connectivity index (χ1n) is 4.71. The second-order valence-electron chi connectivity index (χ2n) is 3.20. The number of nitrogen functional groups attached to an aromatic ring is 1. The van der Waals surface area contributed by atoms with Crippen molar-refractivity contribution in [3.05, 3.63) is 23.2 Å². The molecule has 17 heavy (non-hydrogen) atoms. The second-order valence-corrected chi connectivity index (χ2v) is 3.61. The van der Waals surface area contributed by atoms with E-state index in [2.05, 4.69) is 4.74 Å². The van der Waals surface area contributed by atoms with Gasteiger partial charge in [0.05, 0.1) is 17.3 Å². The molecule has 2 N–H and O–H groups in total. The van der Waals surface area contributed by atoms with Crippen LogP contribution < -0.4 is 10.5 Å². The van der Waals surface area contributed by atoms with Gasteiger partial charge in [-0.25, -0.2) is 0 Å². The number of hydrogen-bond acceptors (Lipinski definition) is 3. The molecule has 96 valence electrons. The van der Waals surface area contributed by atoms with Gasteiger partial charge in [0, 0.05) is 6.07 Å². The smallest absolute Gasteiger partial charge is 0.411 e. The summed E-state index contributed by atoms with van der Waals surface area (Å²) in [7, 11) is 0. The van der Waals surface area contributed by atoms with Crippen molar-refractivity contribution in [3.8, 4) is 5.75 Å². The Hall–Kier alpha value is -1.14. The van der Waals surface area contributed by atoms with Crippen LogP contribution in [0.15, 0.2) is 18.2 Å². The lowest BCUT2D eigenvalue weighted by molar-refractivity contribution is -0.175. The Morgan fingerprint density at radius 2 is 1.94 bits per heavy atom. The lowest BCUT2D eigenvalue weighted by Gasteiger charge is -2.09. The lowest BCUT2D eigenvalue weighted by Crippen LogP contribution is -2.19. The van der Waals surface area contributed by atoms with Crippen LogP contribution in [0.3, 0.4) is 0 Å². The summed E-state index contributed by atoms with van der Waals surface area (Å²) in [5.74, 6) is 0.430. The Morgan fingerprint density at radius 1 is 1.24 bits per heavy atom. The number of anilines is 1. The Kier molecular flexibility index (Phi) is 4.89. The fourth-order valence-corrected chi connectivity index (χ4v) is 1.17. The minimum atomic E-state index is -4.31. The molecule has 0 amide bonds. The van der Waals surface area contributed by atoms with Gasteiger partial charge in [-0.2, -0.15) is 13.2 Å². The van der Waals surface area contributed by atoms with E-state index in [-0.39, 0.29) is 13.2 Å². The van der Waals surface area contributed by atoms with E-state index < -0.39 is 12.8 Å². The molecule has 0 aromatic heterocycles. The molecule has 7 heteroatoms. The third kappa shape index (κ3) is 5.65. The molecule has 0 radical (unpaired) electrons. The van der Waals surface area contributed by atoms with Crippen molar-refractivity contribution in [2.24, 2.45) is 0 Å². The molecule has 0 unspecified atom stereocenters. The predicted molar refractivity (Wildman–Crippen MR) is 58.2 cm³/mol. The van der Waals surface area contributed by atoms with Gasteiger partial charge in [0.1, 0.15) is 19.0 Å². The third-order valence-corrected chi connectivity index (χ3v) is 2.06. The maximum atomic E-state index is 11.7. The molecule has 0 aliphatic heterocycles. The second kappa shape index (κ2) is 5.97. The summed E-state index contributed by atoms with van der Waals surface area (Å²) in [4.78, 5) is 0. The number of hydrogen-bond donors (Lipinski definition) is 1. The molecule has 0 fully saturated rings. The van der Waals surface area contributed by atoms with Gasteiger partial charge in [-0.3, -0.25) is 0 Å². The van der Waals surface area contributed by atoms with Crippen LogP contribution in [0, 0.1) is 0 Å². The molecule has 1 aromatic rings. The number of ether oxygens (including phenoxy) is 2. The number of halogens is 4. The summed E-state index contributed by atoms with van der Waals surface area (Å²) < 4.78 is 44.6. The highest BCUT2D eigenvalue weighted by molar-refractivity contribution is 6.33. The predicted octanol–water partition coefficient (Wildman–Crippen LogP) is 2.88. The van der Waals surface area contributed by atoms with Crippen molar-refractivity contribution in [1.82, 2.24) is 0 Å². The van der Waals surface area contributed by atoms with Crippen LogP contribution in [0.25, 0.3) is 0 Å². The van der Waals surface area contributed by atoms with Crippen LogP contribution in [-0.4, -0.2) is 26.0 Å². The van der Waals surface area contributed by atoms with Crippen molar-refractivity contribution < 1.29 is 22.6 Å². The molecule has 0 bridgehead atoms. The van der Waals surface area contributed by atoms with Crippen molar-refractivity contribution in [3.63, 3.8) is 0 Å². The number of benzene rings is 1. The molecule has 0 spiro atoms. The van der Waals surface area contributed by atoms with E-state index in [4.69, 9.17) is 22.1 Å². The number of alkyl halides is 3. The van der Waals surface area contributed by atoms with Gasteiger partial charge in [-0.15, -0.1) is 0 Å². The average Bonchev–Trinajstić information content (AvgIpc) is 2.21. The molecule has 1 aromatic carbocycles. The molecule has 3 nitrogen and oxygen atoms in total. The summed E-state index contributed by atoms with van der Waals surface area (Å²) in [5, 5.41) is 0.332. The van der Waals surface area contributed by atoms with E-state index >= 15 is 0 Å². The minimum Gasteiger partial charge on any atom is -0.491 e. The zero-order valence-electron chi connectivity index (χ0n) is 8.76. The van der Waals surface area contributed by atoms with Crippen LogP contribution in [-0.2, 0) is 4.74 Å². The molecular weight excluding hydrogens is 259 g/mol. The van der Waals surface area contributed by atoms with E-state index in [9.17, 15) is 13.2 Å². The first-order chi connectivity index (χ1) is 7.88. The van der Waals surface area contributed by atoms with E-state index in [1.807, 2.05) is 0 Å². The van der Waals surface area contributed by atoms with Gasteiger partial charge in [0.15, 0.2) is 0 Å². The third-order valence-electron chi connectivity index (χ3n) is 1.73. The van der Waals surface area contributed by atoms with E-state index in [1.54, 1.807) is 12.1 Å². The molecule has 1 rings (SSSR count). The van der Waals surface area contributed by atoms with Gasteiger partial charge in [-0.1, -0.05) is 11.6 Å². The van der Waals surface area contributed by atoms with Gasteiger partial charge in [0.2, 0.25) is 0 Å². The molecule has 0 saturated heterocycles. The molecule has 0 aliphatic rings. The molecule has 0 atom stereocenters. The van der Waals surface area contributed by atoms with Crippen molar-refractivity contribution in [2.45, 2.75) is 6.18 Å². The van der Waals surface area contributed by atoms with Gasteiger partial charge < -0.3 is 15.2 Å². The Bertz CT molecular complexity index is 371. The normalized spacial score (nSPS) is 11.5. The molecule has 0 aliphatic carbocycles. The maximum Gasteiger partial charge on any atom is 0.411 e. The highest BCUT2D eigenvalue weighted by Gasteiger charge is 2.27. The summed E-state index contributed by atoms with van der Waals surface area (Å²) in [6, 6.07) is 4.61. The number of rotatable bonds is 5. The maximum absolute atomic E-state index is 11.7. The highest BCUT2D eigenvalue weighted by Crippen LogP contribution is 2.24. The van der Waals surface area contributed by atoms with Gasteiger partial charge in [-0.05, 0) is 12.1 Å². The first kappa shape index (κ1) is 13.9. The Balaban J connectivity index is 2.25. The molecular formula is C10H11ClF3NO2. The molecule has 0 heterocycles. The topological polar surface area (TPSA) is 44.5 Å². The summed E-state index contributed by atoms with van der Waals surface area (Å²) in [5.41, 5.74) is 5.89. The largest absolute Gasteiger partial charge is 0.491 e. The van der Waals surface area contributed by atoms with Crippen LogP contribution in [0.2, 0.25) is 5.02 Å². The Morgan fingerprint density at radius 3 is 2.53 bits per heavy atom. The fourth-order valence-electron chi connectivity index (χ4n) is 1.00. The van der Waals surface area contributed by atoms with Crippen LogP contribution in [0.5, 0.6) is 5.75 Å². The van der Waals surface area contributed by atoms with E-state index in [0.717, 1.165) is 0 Å². The fraction of sp³-hybridized carbons (Fsp3) is 0.400. The summed E-state index contributed by atoms with van der Waals surface area (Å²) >= 11 is 5.73. The monoisotopic (exact) mass is 269 g/mol. The zero-order chi connectivity index (χ0) is 12.9. The van der Waals surface area contributed by atoms with Crippen LogP contribution in [0.4, 0.5) is 18.9 Å². The summed E-state index contributed by atoms with van der Waals surface area (Å²) in [6.45, 7) is -1.42. The summed E-state index contributed by atoms with van der Waals surface area (Å²) in [6.07, 6.45) is -4.31. The van der Waals surface area contributed by atoms with Gasteiger partial charge >= 0.3 is 6.18 Å². The average molecular weight is 270 g/mol. The van der Waals surface area contributed by atoms with Crippen molar-refractivity contribution >= 4 is 17.3 Å². The van der Waals surface area contributed by atoms with Crippen molar-refractivity contribution in [1.29, 1.82) is 0 Å². The van der Waals surface area contributed by atoms with Crippen LogP contribution in [0.1, 0.15) is 0 Å². The number of nitrogens with two attached hydrogens (primary N) is 1. The lowest BCUT2D eigenvalue weighted by atomic mass is 10.3. The SMILES string of the molecule is Nc1ccc(OCCOCC(F)(F)F)cc1Cl. The van der Waals surface area contributed by atoms with Crippen molar-refractivity contribution in [2.75, 3.05) is 25.6 Å². The van der Waals surface area contributed by atoms with E-state index in [1.165, 1.54) is 6.07 Å². The minimum absolute atomic E-state index is 0.0102. The Labute approximate surface area is 101 Å². The highest BCUT2D eigenvalue weighted by atomic mass is 35.5. The standard InChI is InChI=1S/C10H11ClF3NO2/c11-8-5-7(1-2-9(8)15)17-4-3-16-6-10(12,13)14/h1-2,5H,3-4,6,15H2. The van der Waals surface area contributed by atoms with E-state index in [0.29, 0.717) is 16.5 Å². The van der Waals surface area contributed by atoms with Crippen LogP contribution >= 0.6 is 11.6 Å². The zero-order valence-corrected chi connectivity index (χ0v) is 9.52. The first-order valence-corrected chi connectivity index (χ1v) is 5.08.